The average molecular weight is 404 g/mol. The third kappa shape index (κ3) is 4.77. The summed E-state index contributed by atoms with van der Waals surface area (Å²) in [5.74, 6) is 1.32. The minimum Gasteiger partial charge on any atom is -0.497 e. The van der Waals surface area contributed by atoms with Gasteiger partial charge in [-0.15, -0.1) is 11.3 Å². The molecule has 0 aliphatic rings. The molecule has 3 aromatic rings. The summed E-state index contributed by atoms with van der Waals surface area (Å²) in [5, 5.41) is 12.2. The minimum absolute atomic E-state index is 0.164. The molecule has 7 nitrogen and oxygen atoms in total. The van der Waals surface area contributed by atoms with E-state index in [2.05, 4.69) is 9.97 Å². The van der Waals surface area contributed by atoms with Crippen LogP contribution < -0.4 is 10.3 Å². The molecule has 2 aromatic heterocycles. The molecule has 0 radical (unpaired) electrons. The van der Waals surface area contributed by atoms with E-state index in [0.717, 1.165) is 16.9 Å². The minimum atomic E-state index is -0.478. The van der Waals surface area contributed by atoms with Gasteiger partial charge in [0.2, 0.25) is 0 Å². The second-order valence-corrected chi connectivity index (χ2v) is 7.51. The highest BCUT2D eigenvalue weighted by atomic mass is 32.1. The topological polar surface area (TPSA) is 87.7 Å². The number of hydrogen-bond donors (Lipinski definition) is 2. The van der Waals surface area contributed by atoms with Gasteiger partial charge in [0.25, 0.3) is 5.56 Å². The van der Waals surface area contributed by atoms with E-state index in [1.807, 2.05) is 34.5 Å². The number of thiophene rings is 1. The van der Waals surface area contributed by atoms with Crippen molar-refractivity contribution >= 4 is 21.6 Å². The molecule has 8 heteroatoms. The van der Waals surface area contributed by atoms with Crippen LogP contribution in [0.25, 0.3) is 21.3 Å². The second-order valence-electron chi connectivity index (χ2n) is 6.65. The van der Waals surface area contributed by atoms with Crippen LogP contribution in [0.3, 0.4) is 0 Å². The molecule has 150 valence electrons. The maximum Gasteiger partial charge on any atom is 0.260 e. The van der Waals surface area contributed by atoms with Gasteiger partial charge in [-0.3, -0.25) is 9.69 Å². The molecule has 0 saturated carbocycles. The van der Waals surface area contributed by atoms with E-state index in [-0.39, 0.29) is 5.56 Å². The third-order valence-corrected chi connectivity index (χ3v) is 5.25. The van der Waals surface area contributed by atoms with E-state index in [1.54, 1.807) is 21.1 Å². The maximum absolute atomic E-state index is 12.8. The van der Waals surface area contributed by atoms with Gasteiger partial charge in [0.15, 0.2) is 0 Å². The first-order chi connectivity index (χ1) is 13.5. The number of benzene rings is 1. The van der Waals surface area contributed by atoms with E-state index in [0.29, 0.717) is 42.3 Å². The molecule has 1 atom stereocenters. The molecule has 28 heavy (non-hydrogen) atoms. The number of aliphatic hydroxyl groups excluding tert-OH is 1. The lowest BCUT2D eigenvalue weighted by Crippen LogP contribution is -2.34. The fourth-order valence-electron chi connectivity index (χ4n) is 3.11. The summed E-state index contributed by atoms with van der Waals surface area (Å²) in [4.78, 5) is 23.1. The van der Waals surface area contributed by atoms with Crippen molar-refractivity contribution in [3.8, 4) is 16.9 Å². The van der Waals surface area contributed by atoms with Crippen molar-refractivity contribution in [2.45, 2.75) is 19.6 Å². The van der Waals surface area contributed by atoms with Gasteiger partial charge in [-0.25, -0.2) is 4.98 Å². The van der Waals surface area contributed by atoms with Gasteiger partial charge in [-0.2, -0.15) is 0 Å². The lowest BCUT2D eigenvalue weighted by atomic mass is 10.1. The summed E-state index contributed by atoms with van der Waals surface area (Å²) < 4.78 is 10.4. The summed E-state index contributed by atoms with van der Waals surface area (Å²) >= 11 is 1.44. The van der Waals surface area contributed by atoms with E-state index in [4.69, 9.17) is 9.47 Å². The van der Waals surface area contributed by atoms with Gasteiger partial charge in [0.05, 0.1) is 31.8 Å². The molecule has 2 heterocycles. The number of H-pyrrole nitrogens is 1. The Labute approximate surface area is 167 Å². The first-order valence-electron chi connectivity index (χ1n) is 9.06. The molecular weight excluding hydrogens is 378 g/mol. The summed E-state index contributed by atoms with van der Waals surface area (Å²) in [6.45, 7) is 3.83. The van der Waals surface area contributed by atoms with Crippen LogP contribution in [0.4, 0.5) is 0 Å². The van der Waals surface area contributed by atoms with Gasteiger partial charge in [0.1, 0.15) is 16.4 Å². The van der Waals surface area contributed by atoms with Crippen LogP contribution in [0, 0.1) is 0 Å². The zero-order chi connectivity index (χ0) is 20.1. The number of aromatic amines is 1. The highest BCUT2D eigenvalue weighted by Gasteiger charge is 2.16. The van der Waals surface area contributed by atoms with Crippen molar-refractivity contribution in [1.29, 1.82) is 0 Å². The molecule has 0 amide bonds. The van der Waals surface area contributed by atoms with Crippen molar-refractivity contribution in [1.82, 2.24) is 14.9 Å². The van der Waals surface area contributed by atoms with Crippen LogP contribution in [-0.4, -0.2) is 60.0 Å². The number of hydrogen-bond acceptors (Lipinski definition) is 7. The highest BCUT2D eigenvalue weighted by molar-refractivity contribution is 7.17. The Kier molecular flexibility index (Phi) is 6.79. The quantitative estimate of drug-likeness (QED) is 0.571. The maximum atomic E-state index is 12.8. The van der Waals surface area contributed by atoms with Gasteiger partial charge in [-0.1, -0.05) is 12.1 Å². The lowest BCUT2D eigenvalue weighted by Gasteiger charge is -2.22. The number of rotatable bonds is 9. The summed E-state index contributed by atoms with van der Waals surface area (Å²) in [6.07, 6.45) is -0.478. The standard InChI is InChI=1S/C20H25N3O4S/c1-13(24)10-23(7-8-26-2)11-17-21-19(25)18-16(12-28-20(18)22-17)14-5-4-6-15(9-14)27-3/h4-6,9,12-13,24H,7-8,10-11H2,1-3H3,(H,21,22,25). The molecule has 1 aromatic carbocycles. The third-order valence-electron chi connectivity index (χ3n) is 4.38. The first kappa shape index (κ1) is 20.5. The fraction of sp³-hybridized carbons (Fsp3) is 0.400. The van der Waals surface area contributed by atoms with E-state index in [1.165, 1.54) is 11.3 Å². The molecule has 0 bridgehead atoms. The van der Waals surface area contributed by atoms with Crippen LogP contribution in [-0.2, 0) is 11.3 Å². The number of aromatic nitrogens is 2. The first-order valence-corrected chi connectivity index (χ1v) is 9.94. The van der Waals surface area contributed by atoms with Crippen LogP contribution in [0.15, 0.2) is 34.4 Å². The van der Waals surface area contributed by atoms with Gasteiger partial charge >= 0.3 is 0 Å². The van der Waals surface area contributed by atoms with Crippen molar-refractivity contribution in [2.75, 3.05) is 33.9 Å². The van der Waals surface area contributed by atoms with Crippen molar-refractivity contribution in [3.05, 3.63) is 45.8 Å². The average Bonchev–Trinajstić information content (AvgIpc) is 3.10. The molecule has 3 rings (SSSR count). The normalized spacial score (nSPS) is 12.6. The van der Waals surface area contributed by atoms with Crippen LogP contribution in [0.1, 0.15) is 12.7 Å². The Morgan fingerprint density at radius 1 is 1.36 bits per heavy atom. The summed E-state index contributed by atoms with van der Waals surface area (Å²) in [7, 11) is 3.26. The molecule has 0 aliphatic carbocycles. The highest BCUT2D eigenvalue weighted by Crippen LogP contribution is 2.32. The number of ether oxygens (including phenoxy) is 2. The molecular formula is C20H25N3O4S. The zero-order valence-corrected chi connectivity index (χ0v) is 17.1. The Bertz CT molecular complexity index is 983. The molecule has 0 spiro atoms. The number of nitrogens with zero attached hydrogens (tertiary/aromatic N) is 2. The van der Waals surface area contributed by atoms with Gasteiger partial charge in [0, 0.05) is 31.1 Å². The lowest BCUT2D eigenvalue weighted by molar-refractivity contribution is 0.0925. The van der Waals surface area contributed by atoms with Crippen LogP contribution in [0.5, 0.6) is 5.75 Å². The van der Waals surface area contributed by atoms with Crippen molar-refractivity contribution in [3.63, 3.8) is 0 Å². The monoisotopic (exact) mass is 403 g/mol. The largest absolute Gasteiger partial charge is 0.497 e. The van der Waals surface area contributed by atoms with E-state index in [9.17, 15) is 9.90 Å². The smallest absolute Gasteiger partial charge is 0.260 e. The van der Waals surface area contributed by atoms with Crippen LogP contribution in [0.2, 0.25) is 0 Å². The molecule has 0 saturated heterocycles. The van der Waals surface area contributed by atoms with Crippen molar-refractivity contribution in [2.24, 2.45) is 0 Å². The SMILES string of the molecule is COCCN(Cc1nc2scc(-c3cccc(OC)c3)c2c(=O)[nH]1)CC(C)O. The Balaban J connectivity index is 1.92. The summed E-state index contributed by atoms with van der Waals surface area (Å²) in [5.41, 5.74) is 1.60. The van der Waals surface area contributed by atoms with E-state index >= 15 is 0 Å². The Morgan fingerprint density at radius 3 is 2.89 bits per heavy atom. The number of nitrogens with one attached hydrogen (secondary N) is 1. The number of methoxy groups -OCH3 is 2. The predicted molar refractivity (Wildman–Crippen MR) is 111 cm³/mol. The molecule has 2 N–H and O–H groups in total. The van der Waals surface area contributed by atoms with Crippen molar-refractivity contribution < 1.29 is 14.6 Å². The molecule has 0 aliphatic heterocycles. The molecule has 1 unspecified atom stereocenters. The second kappa shape index (κ2) is 9.29. The zero-order valence-electron chi connectivity index (χ0n) is 16.3. The predicted octanol–water partition coefficient (Wildman–Crippen LogP) is 2.49. The van der Waals surface area contributed by atoms with Crippen LogP contribution >= 0.6 is 11.3 Å². The van der Waals surface area contributed by atoms with Gasteiger partial charge < -0.3 is 19.6 Å². The fourth-order valence-corrected chi connectivity index (χ4v) is 4.08. The number of aliphatic hydroxyl groups is 1. The molecule has 0 fully saturated rings. The van der Waals surface area contributed by atoms with E-state index < -0.39 is 6.10 Å². The Morgan fingerprint density at radius 2 is 2.18 bits per heavy atom. The number of fused-ring (bicyclic) bond motifs is 1. The van der Waals surface area contributed by atoms with Gasteiger partial charge in [-0.05, 0) is 24.6 Å². The Hall–Kier alpha value is -2.26. The summed E-state index contributed by atoms with van der Waals surface area (Å²) in [6, 6.07) is 7.63.